The Labute approximate surface area is 158 Å². The number of nitrogens with zero attached hydrogens (tertiary/aromatic N) is 2. The molecule has 0 bridgehead atoms. The predicted octanol–water partition coefficient (Wildman–Crippen LogP) is 3.71. The number of hydrogen-bond acceptors (Lipinski definition) is 5. The number of aromatic amines is 1. The first-order valence-electron chi connectivity index (χ1n) is 9.15. The van der Waals surface area contributed by atoms with Gasteiger partial charge in [-0.25, -0.2) is 9.97 Å². The predicted molar refractivity (Wildman–Crippen MR) is 109 cm³/mol. The third-order valence-electron chi connectivity index (χ3n) is 4.47. The molecular formula is C21H23N5O. The second kappa shape index (κ2) is 8.05. The number of fused-ring (bicyclic) bond motifs is 2. The lowest BCUT2D eigenvalue weighted by molar-refractivity contribution is 0.419. The number of pyridine rings is 1. The lowest BCUT2D eigenvalue weighted by atomic mass is 10.2. The second-order valence-electron chi connectivity index (χ2n) is 6.38. The van der Waals surface area contributed by atoms with Crippen LogP contribution in [-0.4, -0.2) is 35.2 Å². The Morgan fingerprint density at radius 2 is 1.78 bits per heavy atom. The molecule has 2 aromatic carbocycles. The molecule has 0 aliphatic carbocycles. The van der Waals surface area contributed by atoms with Crippen molar-refractivity contribution in [2.45, 2.75) is 13.0 Å². The Balaban J connectivity index is 1.26. The molecule has 3 N–H and O–H groups in total. The maximum absolute atomic E-state index is 5.48. The molecule has 4 rings (SSSR count). The zero-order valence-electron chi connectivity index (χ0n) is 15.3. The Morgan fingerprint density at radius 3 is 2.63 bits per heavy atom. The number of aromatic nitrogens is 3. The quantitative estimate of drug-likeness (QED) is 0.417. The van der Waals surface area contributed by atoms with Crippen molar-refractivity contribution in [3.63, 3.8) is 0 Å². The van der Waals surface area contributed by atoms with E-state index in [1.165, 1.54) is 0 Å². The van der Waals surface area contributed by atoms with E-state index in [0.717, 1.165) is 65.4 Å². The fourth-order valence-corrected chi connectivity index (χ4v) is 3.13. The van der Waals surface area contributed by atoms with Gasteiger partial charge in [-0.15, -0.1) is 0 Å². The van der Waals surface area contributed by atoms with Crippen LogP contribution in [0, 0.1) is 0 Å². The van der Waals surface area contributed by atoms with Crippen LogP contribution in [0.5, 0.6) is 5.75 Å². The molecule has 0 radical (unpaired) electrons. The number of anilines is 1. The fourth-order valence-electron chi connectivity index (χ4n) is 3.13. The van der Waals surface area contributed by atoms with E-state index in [2.05, 4.69) is 25.6 Å². The molecule has 27 heavy (non-hydrogen) atoms. The number of rotatable bonds is 8. The Hall–Kier alpha value is -3.12. The third-order valence-corrected chi connectivity index (χ3v) is 4.47. The van der Waals surface area contributed by atoms with Crippen molar-refractivity contribution < 1.29 is 4.74 Å². The SMILES string of the molecule is COc1cc(NCCCNCc2nc3ccccc3[nH]2)nc2ccccc12. The summed E-state index contributed by atoms with van der Waals surface area (Å²) in [5.74, 6) is 2.64. The van der Waals surface area contributed by atoms with Gasteiger partial charge in [0.05, 0.1) is 30.2 Å². The molecule has 2 heterocycles. The van der Waals surface area contributed by atoms with Crippen LogP contribution in [0.15, 0.2) is 54.6 Å². The van der Waals surface area contributed by atoms with Gasteiger partial charge >= 0.3 is 0 Å². The zero-order chi connectivity index (χ0) is 18.5. The number of para-hydroxylation sites is 3. The van der Waals surface area contributed by atoms with E-state index < -0.39 is 0 Å². The van der Waals surface area contributed by atoms with Crippen LogP contribution in [0.3, 0.4) is 0 Å². The highest BCUT2D eigenvalue weighted by Crippen LogP contribution is 2.26. The molecule has 138 valence electrons. The molecule has 0 saturated heterocycles. The Bertz CT molecular complexity index is 1010. The molecule has 6 heteroatoms. The number of H-pyrrole nitrogens is 1. The van der Waals surface area contributed by atoms with E-state index >= 15 is 0 Å². The molecule has 0 fully saturated rings. The van der Waals surface area contributed by atoms with Gasteiger partial charge in [0.25, 0.3) is 0 Å². The molecule has 0 spiro atoms. The van der Waals surface area contributed by atoms with Crippen molar-refractivity contribution in [2.24, 2.45) is 0 Å². The van der Waals surface area contributed by atoms with Gasteiger partial charge in [0.2, 0.25) is 0 Å². The molecule has 0 amide bonds. The van der Waals surface area contributed by atoms with Crippen LogP contribution < -0.4 is 15.4 Å². The molecule has 0 aliphatic rings. The minimum Gasteiger partial charge on any atom is -0.496 e. The average molecular weight is 361 g/mol. The van der Waals surface area contributed by atoms with Gasteiger partial charge in [-0.3, -0.25) is 0 Å². The van der Waals surface area contributed by atoms with Crippen LogP contribution >= 0.6 is 0 Å². The number of imidazole rings is 1. The van der Waals surface area contributed by atoms with Crippen molar-refractivity contribution in [2.75, 3.05) is 25.5 Å². The molecule has 4 aromatic rings. The van der Waals surface area contributed by atoms with Crippen molar-refractivity contribution in [3.8, 4) is 5.75 Å². The molecule has 2 aromatic heterocycles. The standard InChI is InChI=1S/C21H23N5O/c1-27-19-13-20(24-16-8-3-2-7-15(16)19)23-12-6-11-22-14-21-25-17-9-4-5-10-18(17)26-21/h2-5,7-10,13,22H,6,11-12,14H2,1H3,(H,23,24)(H,25,26). The Kier molecular flexibility index (Phi) is 5.16. The summed E-state index contributed by atoms with van der Waals surface area (Å²) in [7, 11) is 1.69. The van der Waals surface area contributed by atoms with Crippen LogP contribution in [0.25, 0.3) is 21.9 Å². The second-order valence-corrected chi connectivity index (χ2v) is 6.38. The van der Waals surface area contributed by atoms with Gasteiger partial charge in [-0.2, -0.15) is 0 Å². The van der Waals surface area contributed by atoms with Gasteiger partial charge in [-0.1, -0.05) is 24.3 Å². The first-order valence-corrected chi connectivity index (χ1v) is 9.15. The monoisotopic (exact) mass is 361 g/mol. The minimum absolute atomic E-state index is 0.733. The highest BCUT2D eigenvalue weighted by Gasteiger charge is 2.05. The lowest BCUT2D eigenvalue weighted by Crippen LogP contribution is -2.18. The lowest BCUT2D eigenvalue weighted by Gasteiger charge is -2.10. The zero-order valence-corrected chi connectivity index (χ0v) is 15.3. The maximum atomic E-state index is 5.48. The van der Waals surface area contributed by atoms with Crippen LogP contribution in [0.1, 0.15) is 12.2 Å². The molecular weight excluding hydrogens is 338 g/mol. The smallest absolute Gasteiger partial charge is 0.131 e. The van der Waals surface area contributed by atoms with Crippen molar-refractivity contribution in [1.82, 2.24) is 20.3 Å². The van der Waals surface area contributed by atoms with Crippen LogP contribution in [-0.2, 0) is 6.54 Å². The summed E-state index contributed by atoms with van der Waals surface area (Å²) in [5.41, 5.74) is 3.02. The maximum Gasteiger partial charge on any atom is 0.131 e. The largest absolute Gasteiger partial charge is 0.496 e. The minimum atomic E-state index is 0.733. The number of ether oxygens (including phenoxy) is 1. The number of nitrogens with one attached hydrogen (secondary N) is 3. The third kappa shape index (κ3) is 4.01. The van der Waals surface area contributed by atoms with Gasteiger partial charge in [0.15, 0.2) is 0 Å². The van der Waals surface area contributed by atoms with Crippen molar-refractivity contribution >= 4 is 27.8 Å². The van der Waals surface area contributed by atoms with Crippen LogP contribution in [0.2, 0.25) is 0 Å². The summed E-state index contributed by atoms with van der Waals surface area (Å²) in [6.07, 6.45) is 0.983. The normalized spacial score (nSPS) is 11.1. The van der Waals surface area contributed by atoms with E-state index in [1.54, 1.807) is 7.11 Å². The Morgan fingerprint density at radius 1 is 0.963 bits per heavy atom. The first kappa shape index (κ1) is 17.3. The number of benzene rings is 2. The fraction of sp³-hybridized carbons (Fsp3) is 0.238. The number of methoxy groups -OCH3 is 1. The highest BCUT2D eigenvalue weighted by molar-refractivity contribution is 5.86. The van der Waals surface area contributed by atoms with Gasteiger partial charge in [-0.05, 0) is 37.2 Å². The molecule has 0 aliphatic heterocycles. The summed E-state index contributed by atoms with van der Waals surface area (Å²) in [6, 6.07) is 18.0. The summed E-state index contributed by atoms with van der Waals surface area (Å²) < 4.78 is 5.48. The highest BCUT2D eigenvalue weighted by atomic mass is 16.5. The van der Waals surface area contributed by atoms with Gasteiger partial charge < -0.3 is 20.4 Å². The van der Waals surface area contributed by atoms with E-state index in [9.17, 15) is 0 Å². The van der Waals surface area contributed by atoms with Gasteiger partial charge in [0, 0.05) is 18.0 Å². The molecule has 6 nitrogen and oxygen atoms in total. The first-order chi connectivity index (χ1) is 13.3. The summed E-state index contributed by atoms with van der Waals surface area (Å²) in [4.78, 5) is 12.5. The molecule has 0 unspecified atom stereocenters. The topological polar surface area (TPSA) is 74.9 Å². The molecule has 0 atom stereocenters. The van der Waals surface area contributed by atoms with E-state index in [-0.39, 0.29) is 0 Å². The summed E-state index contributed by atoms with van der Waals surface area (Å²) in [6.45, 7) is 2.47. The van der Waals surface area contributed by atoms with Gasteiger partial charge in [0.1, 0.15) is 17.4 Å². The summed E-state index contributed by atoms with van der Waals surface area (Å²) in [5, 5.41) is 7.83. The summed E-state index contributed by atoms with van der Waals surface area (Å²) >= 11 is 0. The van der Waals surface area contributed by atoms with Crippen molar-refractivity contribution in [1.29, 1.82) is 0 Å². The van der Waals surface area contributed by atoms with E-state index in [0.29, 0.717) is 0 Å². The van der Waals surface area contributed by atoms with E-state index in [4.69, 9.17) is 4.74 Å². The number of hydrogen-bond donors (Lipinski definition) is 3. The van der Waals surface area contributed by atoms with Crippen LogP contribution in [0.4, 0.5) is 5.82 Å². The van der Waals surface area contributed by atoms with E-state index in [1.807, 2.05) is 54.6 Å². The average Bonchev–Trinajstić information content (AvgIpc) is 3.12. The molecule has 0 saturated carbocycles. The van der Waals surface area contributed by atoms with Crippen molar-refractivity contribution in [3.05, 3.63) is 60.4 Å².